The van der Waals surface area contributed by atoms with Gasteiger partial charge in [-0.2, -0.15) is 4.31 Å². The first-order chi connectivity index (χ1) is 16.3. The van der Waals surface area contributed by atoms with Crippen LogP contribution in [-0.2, 0) is 32.4 Å². The molecule has 2 aliphatic heterocycles. The highest BCUT2D eigenvalue weighted by Gasteiger charge is 2.30. The molecular weight excluding hydrogens is 452 g/mol. The van der Waals surface area contributed by atoms with Gasteiger partial charge in [0.25, 0.3) is 0 Å². The molecule has 1 aromatic carbocycles. The van der Waals surface area contributed by atoms with Crippen LogP contribution < -0.4 is 5.32 Å². The summed E-state index contributed by atoms with van der Waals surface area (Å²) in [5, 5.41) is 3.01. The van der Waals surface area contributed by atoms with Gasteiger partial charge in [-0.3, -0.25) is 14.6 Å². The summed E-state index contributed by atoms with van der Waals surface area (Å²) in [5.74, 6) is 0.582. The molecule has 0 saturated carbocycles. The SMILES string of the molecule is CC(C)CN1CCO[C@H](CNC(=O)CN2CCN(S(=O)(=O)c3ccc4c(c3)CCCC4)CC2)C1. The van der Waals surface area contributed by atoms with Crippen LogP contribution in [0.25, 0.3) is 0 Å². The fraction of sp³-hybridized carbons (Fsp3) is 0.720. The molecule has 1 atom stereocenters. The van der Waals surface area contributed by atoms with E-state index in [2.05, 4.69) is 24.1 Å². The number of amides is 1. The summed E-state index contributed by atoms with van der Waals surface area (Å²) >= 11 is 0. The molecule has 2 heterocycles. The van der Waals surface area contributed by atoms with E-state index in [0.717, 1.165) is 38.9 Å². The smallest absolute Gasteiger partial charge is 0.243 e. The van der Waals surface area contributed by atoms with Gasteiger partial charge in [-0.15, -0.1) is 0 Å². The van der Waals surface area contributed by atoms with E-state index in [1.54, 1.807) is 10.4 Å². The molecule has 2 fully saturated rings. The summed E-state index contributed by atoms with van der Waals surface area (Å²) < 4.78 is 33.7. The van der Waals surface area contributed by atoms with E-state index in [9.17, 15) is 13.2 Å². The molecule has 0 spiro atoms. The third kappa shape index (κ3) is 6.57. The molecule has 2 saturated heterocycles. The van der Waals surface area contributed by atoms with Crippen molar-refractivity contribution in [3.8, 4) is 0 Å². The molecule has 0 bridgehead atoms. The van der Waals surface area contributed by atoms with Crippen molar-refractivity contribution in [2.24, 2.45) is 5.92 Å². The van der Waals surface area contributed by atoms with E-state index < -0.39 is 10.0 Å². The Bertz CT molecular complexity index is 944. The van der Waals surface area contributed by atoms with E-state index >= 15 is 0 Å². The van der Waals surface area contributed by atoms with Crippen molar-refractivity contribution >= 4 is 15.9 Å². The van der Waals surface area contributed by atoms with Crippen LogP contribution in [0.3, 0.4) is 0 Å². The number of rotatable bonds is 8. The van der Waals surface area contributed by atoms with Crippen LogP contribution in [0.2, 0.25) is 0 Å². The first-order valence-corrected chi connectivity index (χ1v) is 14.2. The molecule has 0 radical (unpaired) electrons. The molecule has 1 aromatic rings. The predicted octanol–water partition coefficient (Wildman–Crippen LogP) is 1.34. The minimum Gasteiger partial charge on any atom is -0.374 e. The number of fused-ring (bicyclic) bond motifs is 1. The van der Waals surface area contributed by atoms with Crippen LogP contribution in [-0.4, -0.2) is 100 Å². The third-order valence-corrected chi connectivity index (χ3v) is 8.92. The summed E-state index contributed by atoms with van der Waals surface area (Å²) in [4.78, 5) is 17.3. The number of nitrogens with one attached hydrogen (secondary N) is 1. The average molecular weight is 493 g/mol. The van der Waals surface area contributed by atoms with Crippen molar-refractivity contribution < 1.29 is 17.9 Å². The van der Waals surface area contributed by atoms with Crippen LogP contribution in [0, 0.1) is 5.92 Å². The molecule has 3 aliphatic rings. The number of piperazine rings is 1. The lowest BCUT2D eigenvalue weighted by Crippen LogP contribution is -2.52. The molecule has 1 aliphatic carbocycles. The molecule has 1 N–H and O–H groups in total. The number of aryl methyl sites for hydroxylation is 2. The normalized spacial score (nSPS) is 23.1. The van der Waals surface area contributed by atoms with Crippen LogP contribution in [0.1, 0.15) is 37.8 Å². The Morgan fingerprint density at radius 2 is 1.79 bits per heavy atom. The number of sulfonamides is 1. The highest BCUT2D eigenvalue weighted by molar-refractivity contribution is 7.89. The lowest BCUT2D eigenvalue weighted by atomic mass is 9.92. The maximum atomic E-state index is 13.2. The minimum absolute atomic E-state index is 0.0232. The zero-order chi connectivity index (χ0) is 24.1. The monoisotopic (exact) mass is 492 g/mol. The van der Waals surface area contributed by atoms with Gasteiger partial charge in [-0.25, -0.2) is 8.42 Å². The number of carbonyl (C=O) groups excluding carboxylic acids is 1. The summed E-state index contributed by atoms with van der Waals surface area (Å²) in [5.41, 5.74) is 2.46. The highest BCUT2D eigenvalue weighted by Crippen LogP contribution is 2.26. The number of carbonyl (C=O) groups is 1. The Kier molecular flexibility index (Phi) is 8.63. The second kappa shape index (κ2) is 11.5. The van der Waals surface area contributed by atoms with E-state index in [0.29, 0.717) is 50.1 Å². The van der Waals surface area contributed by atoms with Crippen LogP contribution in [0.4, 0.5) is 0 Å². The Morgan fingerprint density at radius 1 is 1.06 bits per heavy atom. The Balaban J connectivity index is 1.22. The lowest BCUT2D eigenvalue weighted by Gasteiger charge is -2.35. The molecule has 34 heavy (non-hydrogen) atoms. The van der Waals surface area contributed by atoms with E-state index in [4.69, 9.17) is 4.74 Å². The Labute approximate surface area is 204 Å². The third-order valence-electron chi connectivity index (χ3n) is 7.03. The first-order valence-electron chi connectivity index (χ1n) is 12.8. The number of morpholine rings is 1. The maximum Gasteiger partial charge on any atom is 0.243 e. The fourth-order valence-electron chi connectivity index (χ4n) is 5.22. The quantitative estimate of drug-likeness (QED) is 0.590. The van der Waals surface area contributed by atoms with Crippen molar-refractivity contribution in [2.45, 2.75) is 50.5 Å². The van der Waals surface area contributed by atoms with Gasteiger partial charge in [-0.05, 0) is 54.9 Å². The molecule has 9 heteroatoms. The van der Waals surface area contributed by atoms with E-state index in [-0.39, 0.29) is 18.6 Å². The molecular formula is C25H40N4O4S. The highest BCUT2D eigenvalue weighted by atomic mass is 32.2. The molecule has 4 rings (SSSR count). The first kappa shape index (κ1) is 25.6. The van der Waals surface area contributed by atoms with Gasteiger partial charge in [-0.1, -0.05) is 19.9 Å². The van der Waals surface area contributed by atoms with Gasteiger partial charge in [0, 0.05) is 52.4 Å². The summed E-state index contributed by atoms with van der Waals surface area (Å²) in [6, 6.07) is 5.62. The van der Waals surface area contributed by atoms with Crippen LogP contribution in [0.15, 0.2) is 23.1 Å². The predicted molar refractivity (Wildman–Crippen MR) is 132 cm³/mol. The number of hydrogen-bond acceptors (Lipinski definition) is 6. The summed E-state index contributed by atoms with van der Waals surface area (Å²) in [6.45, 7) is 10.7. The standard InChI is InChI=1S/C25H40N4O4S/c1-20(2)17-28-13-14-33-23(18-28)16-26-25(30)19-27-9-11-29(12-10-27)34(31,32)24-8-7-21-5-3-4-6-22(21)15-24/h7-8,15,20,23H,3-6,9-14,16-19H2,1-2H3,(H,26,30)/t23-/m1/s1. The maximum absolute atomic E-state index is 13.2. The van der Waals surface area contributed by atoms with Crippen molar-refractivity contribution in [2.75, 3.05) is 65.5 Å². The topological polar surface area (TPSA) is 82.2 Å². The zero-order valence-corrected chi connectivity index (χ0v) is 21.5. The molecule has 1 amide bonds. The Hall–Kier alpha value is -1.52. The van der Waals surface area contributed by atoms with Gasteiger partial charge in [0.2, 0.25) is 15.9 Å². The fourth-order valence-corrected chi connectivity index (χ4v) is 6.69. The van der Waals surface area contributed by atoms with Crippen molar-refractivity contribution in [1.82, 2.24) is 19.4 Å². The van der Waals surface area contributed by atoms with Crippen molar-refractivity contribution in [3.05, 3.63) is 29.3 Å². The Morgan fingerprint density at radius 3 is 2.53 bits per heavy atom. The molecule has 8 nitrogen and oxygen atoms in total. The van der Waals surface area contributed by atoms with Crippen molar-refractivity contribution in [3.63, 3.8) is 0 Å². The van der Waals surface area contributed by atoms with Gasteiger partial charge in [0.05, 0.1) is 24.2 Å². The number of ether oxygens (including phenoxy) is 1. The van der Waals surface area contributed by atoms with Gasteiger partial charge >= 0.3 is 0 Å². The van der Waals surface area contributed by atoms with E-state index in [1.807, 2.05) is 17.0 Å². The summed E-state index contributed by atoms with van der Waals surface area (Å²) in [6.07, 6.45) is 4.33. The summed E-state index contributed by atoms with van der Waals surface area (Å²) in [7, 11) is -3.50. The average Bonchev–Trinajstić information content (AvgIpc) is 2.82. The van der Waals surface area contributed by atoms with Crippen LogP contribution in [0.5, 0.6) is 0 Å². The molecule has 190 valence electrons. The van der Waals surface area contributed by atoms with Gasteiger partial charge < -0.3 is 10.1 Å². The number of benzene rings is 1. The van der Waals surface area contributed by atoms with E-state index in [1.165, 1.54) is 17.5 Å². The second-order valence-electron chi connectivity index (χ2n) is 10.3. The molecule has 0 unspecified atom stereocenters. The lowest BCUT2D eigenvalue weighted by molar-refractivity contribution is -0.123. The van der Waals surface area contributed by atoms with Gasteiger partial charge in [0.15, 0.2) is 0 Å². The van der Waals surface area contributed by atoms with Crippen molar-refractivity contribution in [1.29, 1.82) is 0 Å². The minimum atomic E-state index is -3.50. The zero-order valence-electron chi connectivity index (χ0n) is 20.7. The van der Waals surface area contributed by atoms with Crippen LogP contribution >= 0.6 is 0 Å². The largest absolute Gasteiger partial charge is 0.374 e. The number of nitrogens with zero attached hydrogens (tertiary/aromatic N) is 3. The number of hydrogen-bond donors (Lipinski definition) is 1. The second-order valence-corrected chi connectivity index (χ2v) is 12.2. The van der Waals surface area contributed by atoms with Gasteiger partial charge in [0.1, 0.15) is 0 Å². The molecule has 0 aromatic heterocycles.